The van der Waals surface area contributed by atoms with E-state index in [0.29, 0.717) is 23.6 Å². The smallest absolute Gasteiger partial charge is 0.330 e. The Labute approximate surface area is 223 Å². The summed E-state index contributed by atoms with van der Waals surface area (Å²) in [5, 5.41) is 5.60. The molecule has 0 atom stereocenters. The molecule has 3 aromatic carbocycles. The van der Waals surface area contributed by atoms with Gasteiger partial charge in [-0.1, -0.05) is 58.4 Å². The van der Waals surface area contributed by atoms with Gasteiger partial charge < -0.3 is 15.4 Å². The molecular weight excluding hydrogens is 540 g/mol. The number of nitrogens with one attached hydrogen (secondary N) is 2. The number of halogens is 1. The van der Waals surface area contributed by atoms with Crippen molar-refractivity contribution in [2.75, 3.05) is 17.7 Å². The standard InChI is InChI=1S/C28H25BrN2O4S/c1-2-35-26(32)15-8-16-36-24-14-7-13-23(19-24)30-28(34)25(18-20-9-6-12-22(29)17-20)31-27(33)21-10-4-3-5-11-21/h3-15,17-19H,2,16H2,1H3,(H,30,34)(H,31,33)/b15-8+,25-18+. The van der Waals surface area contributed by atoms with Crippen LogP contribution in [0.15, 0.2) is 106 Å². The largest absolute Gasteiger partial charge is 0.463 e. The SMILES string of the molecule is CCOC(=O)/C=C/CSc1cccc(NC(=O)/C(=C\c2cccc(Br)c2)NC(=O)c2ccccc2)c1. The molecule has 0 radical (unpaired) electrons. The molecule has 0 saturated carbocycles. The van der Waals surface area contributed by atoms with E-state index in [1.165, 1.54) is 17.8 Å². The van der Waals surface area contributed by atoms with E-state index in [2.05, 4.69) is 26.6 Å². The molecule has 184 valence electrons. The quantitative estimate of drug-likeness (QED) is 0.177. The summed E-state index contributed by atoms with van der Waals surface area (Å²) < 4.78 is 5.72. The molecule has 3 aromatic rings. The highest BCUT2D eigenvalue weighted by Gasteiger charge is 2.15. The van der Waals surface area contributed by atoms with Crippen molar-refractivity contribution in [3.63, 3.8) is 0 Å². The molecule has 0 aliphatic heterocycles. The first-order chi connectivity index (χ1) is 17.4. The zero-order valence-electron chi connectivity index (χ0n) is 19.6. The number of hydrogen-bond acceptors (Lipinski definition) is 5. The van der Waals surface area contributed by atoms with E-state index in [0.717, 1.165) is 14.9 Å². The van der Waals surface area contributed by atoms with Gasteiger partial charge in [0.25, 0.3) is 11.8 Å². The first-order valence-electron chi connectivity index (χ1n) is 11.2. The Morgan fingerprint density at radius 1 is 0.972 bits per heavy atom. The van der Waals surface area contributed by atoms with E-state index in [4.69, 9.17) is 4.74 Å². The Bertz CT molecular complexity index is 1280. The summed E-state index contributed by atoms with van der Waals surface area (Å²) in [5.74, 6) is -0.646. The summed E-state index contributed by atoms with van der Waals surface area (Å²) in [4.78, 5) is 38.3. The number of benzene rings is 3. The molecule has 0 saturated heterocycles. The Kier molecular flexibility index (Phi) is 10.5. The highest BCUT2D eigenvalue weighted by atomic mass is 79.9. The number of rotatable bonds is 10. The van der Waals surface area contributed by atoms with E-state index >= 15 is 0 Å². The van der Waals surface area contributed by atoms with Crippen LogP contribution in [0.2, 0.25) is 0 Å². The van der Waals surface area contributed by atoms with Crippen LogP contribution in [-0.2, 0) is 14.3 Å². The molecule has 0 aromatic heterocycles. The van der Waals surface area contributed by atoms with Crippen molar-refractivity contribution in [1.82, 2.24) is 5.32 Å². The number of carbonyl (C=O) groups excluding carboxylic acids is 3. The van der Waals surface area contributed by atoms with Gasteiger partial charge in [-0.2, -0.15) is 0 Å². The van der Waals surface area contributed by atoms with Crippen LogP contribution in [0.25, 0.3) is 6.08 Å². The van der Waals surface area contributed by atoms with Crippen molar-refractivity contribution in [1.29, 1.82) is 0 Å². The van der Waals surface area contributed by atoms with Crippen LogP contribution < -0.4 is 10.6 Å². The van der Waals surface area contributed by atoms with Gasteiger partial charge in [0.1, 0.15) is 5.70 Å². The van der Waals surface area contributed by atoms with Crippen molar-refractivity contribution in [2.24, 2.45) is 0 Å². The summed E-state index contributed by atoms with van der Waals surface area (Å²) in [6.07, 6.45) is 4.75. The predicted molar refractivity (Wildman–Crippen MR) is 148 cm³/mol. The van der Waals surface area contributed by atoms with Gasteiger partial charge in [-0.25, -0.2) is 4.79 Å². The average molecular weight is 565 g/mol. The van der Waals surface area contributed by atoms with E-state index in [9.17, 15) is 14.4 Å². The molecule has 0 aliphatic carbocycles. The van der Waals surface area contributed by atoms with Gasteiger partial charge >= 0.3 is 5.97 Å². The van der Waals surface area contributed by atoms with Crippen LogP contribution >= 0.6 is 27.7 Å². The number of ether oxygens (including phenoxy) is 1. The summed E-state index contributed by atoms with van der Waals surface area (Å²) in [7, 11) is 0. The molecule has 0 spiro atoms. The third-order valence-electron chi connectivity index (χ3n) is 4.67. The van der Waals surface area contributed by atoms with Crippen LogP contribution in [-0.4, -0.2) is 30.1 Å². The lowest BCUT2D eigenvalue weighted by Gasteiger charge is -2.12. The number of amides is 2. The Morgan fingerprint density at radius 2 is 1.75 bits per heavy atom. The first kappa shape index (κ1) is 27.0. The second-order valence-electron chi connectivity index (χ2n) is 7.38. The van der Waals surface area contributed by atoms with Crippen molar-refractivity contribution in [2.45, 2.75) is 11.8 Å². The minimum absolute atomic E-state index is 0.109. The van der Waals surface area contributed by atoms with Crippen LogP contribution in [0.4, 0.5) is 5.69 Å². The minimum atomic E-state index is -0.455. The fourth-order valence-corrected chi connectivity index (χ4v) is 4.23. The number of carbonyl (C=O) groups is 3. The molecule has 0 unspecified atom stereocenters. The second kappa shape index (κ2) is 14.1. The van der Waals surface area contributed by atoms with Crippen LogP contribution in [0, 0.1) is 0 Å². The maximum absolute atomic E-state index is 13.2. The molecule has 0 aliphatic rings. The molecule has 0 bridgehead atoms. The predicted octanol–water partition coefficient (Wildman–Crippen LogP) is 6.07. The average Bonchev–Trinajstić information content (AvgIpc) is 2.87. The Hall–Kier alpha value is -3.62. The molecule has 2 amide bonds. The van der Waals surface area contributed by atoms with Gasteiger partial charge in [-0.3, -0.25) is 9.59 Å². The van der Waals surface area contributed by atoms with E-state index in [1.807, 2.05) is 48.5 Å². The van der Waals surface area contributed by atoms with Crippen LogP contribution in [0.3, 0.4) is 0 Å². The lowest BCUT2D eigenvalue weighted by molar-refractivity contribution is -0.137. The van der Waals surface area contributed by atoms with Crippen molar-refractivity contribution in [3.8, 4) is 0 Å². The van der Waals surface area contributed by atoms with E-state index in [1.54, 1.807) is 49.4 Å². The van der Waals surface area contributed by atoms with Gasteiger partial charge in [-0.15, -0.1) is 11.8 Å². The van der Waals surface area contributed by atoms with Gasteiger partial charge in [0.15, 0.2) is 0 Å². The molecule has 0 fully saturated rings. The Morgan fingerprint density at radius 3 is 2.50 bits per heavy atom. The highest BCUT2D eigenvalue weighted by molar-refractivity contribution is 9.10. The maximum Gasteiger partial charge on any atom is 0.330 e. The highest BCUT2D eigenvalue weighted by Crippen LogP contribution is 2.22. The lowest BCUT2D eigenvalue weighted by Crippen LogP contribution is -2.30. The molecule has 8 heteroatoms. The Balaban J connectivity index is 1.74. The topological polar surface area (TPSA) is 84.5 Å². The van der Waals surface area contributed by atoms with E-state index < -0.39 is 5.91 Å². The van der Waals surface area contributed by atoms with Crippen molar-refractivity contribution in [3.05, 3.63) is 112 Å². The number of thioether (sulfide) groups is 1. The van der Waals surface area contributed by atoms with Crippen molar-refractivity contribution < 1.29 is 19.1 Å². The van der Waals surface area contributed by atoms with Crippen LogP contribution in [0.5, 0.6) is 0 Å². The van der Waals surface area contributed by atoms with Gasteiger partial charge in [0, 0.05) is 32.4 Å². The number of anilines is 1. The van der Waals surface area contributed by atoms with Gasteiger partial charge in [0.2, 0.25) is 0 Å². The zero-order valence-corrected chi connectivity index (χ0v) is 22.0. The third-order valence-corrected chi connectivity index (χ3v) is 6.11. The molecule has 0 heterocycles. The minimum Gasteiger partial charge on any atom is -0.463 e. The lowest BCUT2D eigenvalue weighted by atomic mass is 10.1. The van der Waals surface area contributed by atoms with Gasteiger partial charge in [0.05, 0.1) is 6.61 Å². The summed E-state index contributed by atoms with van der Waals surface area (Å²) in [6.45, 7) is 2.09. The summed E-state index contributed by atoms with van der Waals surface area (Å²) in [5.41, 5.74) is 1.88. The van der Waals surface area contributed by atoms with Gasteiger partial charge in [-0.05, 0) is 61.0 Å². The number of esters is 1. The maximum atomic E-state index is 13.2. The summed E-state index contributed by atoms with van der Waals surface area (Å²) in [6, 6.07) is 23.5. The molecule has 3 rings (SSSR count). The zero-order chi connectivity index (χ0) is 25.8. The fourth-order valence-electron chi connectivity index (χ4n) is 3.05. The molecular formula is C28H25BrN2O4S. The summed E-state index contributed by atoms with van der Waals surface area (Å²) >= 11 is 4.94. The first-order valence-corrected chi connectivity index (χ1v) is 12.9. The van der Waals surface area contributed by atoms with Crippen LogP contribution in [0.1, 0.15) is 22.8 Å². The van der Waals surface area contributed by atoms with E-state index in [-0.39, 0.29) is 17.6 Å². The molecule has 2 N–H and O–H groups in total. The molecule has 36 heavy (non-hydrogen) atoms. The second-order valence-corrected chi connectivity index (χ2v) is 9.39. The van der Waals surface area contributed by atoms with Crippen molar-refractivity contribution >= 4 is 57.2 Å². The monoisotopic (exact) mass is 564 g/mol. The number of hydrogen-bond donors (Lipinski definition) is 2. The third kappa shape index (κ3) is 8.87. The molecule has 6 nitrogen and oxygen atoms in total. The normalized spacial score (nSPS) is 11.2. The fraction of sp³-hybridized carbons (Fsp3) is 0.107.